The number of imidazole rings is 1. The molecule has 1 aliphatic rings. The zero-order valence-electron chi connectivity index (χ0n) is 11.6. The minimum atomic E-state index is -3.65. The van der Waals surface area contributed by atoms with Crippen molar-refractivity contribution in [2.45, 2.75) is 23.9 Å². The summed E-state index contributed by atoms with van der Waals surface area (Å²) in [6.45, 7) is 0.431. The topological polar surface area (TPSA) is 55.2 Å². The molecule has 0 aliphatic carbocycles. The molecule has 0 spiro atoms. The highest BCUT2D eigenvalue weighted by atomic mass is 32.2. The molecule has 0 saturated carbocycles. The van der Waals surface area contributed by atoms with Gasteiger partial charge in [-0.25, -0.2) is 17.8 Å². The molecule has 0 radical (unpaired) electrons. The number of aromatic nitrogens is 2. The number of benzene rings is 1. The largest absolute Gasteiger partial charge is 0.339 e. The normalized spacial score (nSPS) is 20.0. The predicted molar refractivity (Wildman–Crippen MR) is 75.5 cm³/mol. The van der Waals surface area contributed by atoms with E-state index in [1.165, 1.54) is 29.0 Å². The molecule has 2 heterocycles. The van der Waals surface area contributed by atoms with Gasteiger partial charge in [0.2, 0.25) is 0 Å². The lowest BCUT2D eigenvalue weighted by Gasteiger charge is -2.23. The van der Waals surface area contributed by atoms with E-state index in [9.17, 15) is 12.8 Å². The summed E-state index contributed by atoms with van der Waals surface area (Å²) in [7, 11) is -1.93. The monoisotopic (exact) mass is 309 g/mol. The van der Waals surface area contributed by atoms with Gasteiger partial charge in [-0.05, 0) is 30.5 Å². The van der Waals surface area contributed by atoms with Gasteiger partial charge in [0, 0.05) is 19.8 Å². The van der Waals surface area contributed by atoms with Gasteiger partial charge < -0.3 is 4.57 Å². The van der Waals surface area contributed by atoms with E-state index in [0.29, 0.717) is 18.5 Å². The fraction of sp³-hybridized carbons (Fsp3) is 0.357. The Morgan fingerprint density at radius 3 is 2.86 bits per heavy atom. The van der Waals surface area contributed by atoms with Crippen molar-refractivity contribution in [2.24, 2.45) is 7.05 Å². The first-order chi connectivity index (χ1) is 9.98. The number of rotatable bonds is 3. The van der Waals surface area contributed by atoms with Crippen molar-refractivity contribution in [2.75, 3.05) is 6.54 Å². The van der Waals surface area contributed by atoms with Crippen LogP contribution in [-0.2, 0) is 17.1 Å². The predicted octanol–water partition coefficient (Wildman–Crippen LogP) is 2.08. The van der Waals surface area contributed by atoms with Crippen LogP contribution in [0.15, 0.2) is 41.8 Å². The van der Waals surface area contributed by atoms with Gasteiger partial charge in [0.25, 0.3) is 10.0 Å². The van der Waals surface area contributed by atoms with Crippen LogP contribution >= 0.6 is 0 Å². The van der Waals surface area contributed by atoms with E-state index in [0.717, 1.165) is 6.42 Å². The fourth-order valence-corrected chi connectivity index (χ4v) is 4.37. The van der Waals surface area contributed by atoms with Gasteiger partial charge in [0.1, 0.15) is 5.82 Å². The quantitative estimate of drug-likeness (QED) is 0.872. The third-order valence-electron chi connectivity index (χ3n) is 3.69. The van der Waals surface area contributed by atoms with Crippen LogP contribution in [0.1, 0.15) is 24.4 Å². The smallest absolute Gasteiger partial charge is 0.262 e. The highest BCUT2D eigenvalue weighted by Gasteiger charge is 2.37. The molecular formula is C14H16FN3O2S. The number of sulfonamides is 1. The molecule has 1 aliphatic heterocycles. The van der Waals surface area contributed by atoms with Gasteiger partial charge in [-0.3, -0.25) is 0 Å². The number of halogens is 1. The molecule has 3 rings (SSSR count). The van der Waals surface area contributed by atoms with E-state index in [1.807, 2.05) is 0 Å². The first-order valence-electron chi connectivity index (χ1n) is 6.74. The second kappa shape index (κ2) is 5.23. The maximum Gasteiger partial charge on any atom is 0.262 e. The summed E-state index contributed by atoms with van der Waals surface area (Å²) >= 11 is 0. The molecule has 0 bridgehead atoms. The molecule has 21 heavy (non-hydrogen) atoms. The minimum absolute atomic E-state index is 0.0355. The Kier molecular flexibility index (Phi) is 3.54. The molecule has 1 fully saturated rings. The van der Waals surface area contributed by atoms with Crippen LogP contribution in [0.25, 0.3) is 0 Å². The van der Waals surface area contributed by atoms with Gasteiger partial charge >= 0.3 is 0 Å². The fourth-order valence-electron chi connectivity index (χ4n) is 2.72. The van der Waals surface area contributed by atoms with E-state index < -0.39 is 10.0 Å². The van der Waals surface area contributed by atoms with Crippen LogP contribution in [-0.4, -0.2) is 28.8 Å². The lowest BCUT2D eigenvalue weighted by atomic mass is 10.1. The molecule has 1 saturated heterocycles. The number of hydrogen-bond donors (Lipinski definition) is 0. The molecular weight excluding hydrogens is 293 g/mol. The molecule has 0 amide bonds. The Morgan fingerprint density at radius 1 is 1.38 bits per heavy atom. The van der Waals surface area contributed by atoms with Crippen molar-refractivity contribution < 1.29 is 12.8 Å². The molecule has 1 atom stereocenters. The number of aryl methyl sites for hydroxylation is 1. The molecule has 7 heteroatoms. The van der Waals surface area contributed by atoms with E-state index in [1.54, 1.807) is 23.7 Å². The number of nitrogens with zero attached hydrogens (tertiary/aromatic N) is 3. The zero-order chi connectivity index (χ0) is 15.0. The Hall–Kier alpha value is -1.73. The van der Waals surface area contributed by atoms with Gasteiger partial charge in [-0.2, -0.15) is 4.31 Å². The first-order valence-corrected chi connectivity index (χ1v) is 8.18. The lowest BCUT2D eigenvalue weighted by molar-refractivity contribution is 0.394. The summed E-state index contributed by atoms with van der Waals surface area (Å²) in [5, 5.41) is 0.0355. The highest BCUT2D eigenvalue weighted by Crippen LogP contribution is 2.36. The van der Waals surface area contributed by atoms with E-state index >= 15 is 0 Å². The lowest BCUT2D eigenvalue weighted by Crippen LogP contribution is -2.31. The Bertz CT molecular complexity index is 757. The standard InChI is InChI=1S/C14H16FN3O2S/c1-17-9-14(16-10-17)21(19,20)18-7-3-6-13(18)11-4-2-5-12(15)8-11/h2,4-5,8-10,13H,3,6-7H2,1H3. The van der Waals surface area contributed by atoms with Crippen molar-refractivity contribution in [3.63, 3.8) is 0 Å². The second-order valence-corrected chi connectivity index (χ2v) is 7.04. The van der Waals surface area contributed by atoms with Crippen LogP contribution in [0.3, 0.4) is 0 Å². The van der Waals surface area contributed by atoms with Crippen molar-refractivity contribution in [3.8, 4) is 0 Å². The second-order valence-electron chi connectivity index (χ2n) is 5.21. The van der Waals surface area contributed by atoms with Crippen LogP contribution in [0.4, 0.5) is 4.39 Å². The van der Waals surface area contributed by atoms with E-state index in [2.05, 4.69) is 4.98 Å². The van der Waals surface area contributed by atoms with Crippen LogP contribution in [0, 0.1) is 5.82 Å². The van der Waals surface area contributed by atoms with Gasteiger partial charge in [0.15, 0.2) is 5.03 Å². The van der Waals surface area contributed by atoms with Crippen molar-refractivity contribution in [3.05, 3.63) is 48.2 Å². The highest BCUT2D eigenvalue weighted by molar-refractivity contribution is 7.89. The summed E-state index contributed by atoms with van der Waals surface area (Å²) in [5.74, 6) is -0.352. The summed E-state index contributed by atoms with van der Waals surface area (Å²) in [4.78, 5) is 3.94. The van der Waals surface area contributed by atoms with E-state index in [-0.39, 0.29) is 16.9 Å². The van der Waals surface area contributed by atoms with E-state index in [4.69, 9.17) is 0 Å². The zero-order valence-corrected chi connectivity index (χ0v) is 12.4. The van der Waals surface area contributed by atoms with Crippen LogP contribution in [0.5, 0.6) is 0 Å². The molecule has 2 aromatic rings. The first kappa shape index (κ1) is 14.2. The molecule has 1 unspecified atom stereocenters. The van der Waals surface area contributed by atoms with Crippen molar-refractivity contribution >= 4 is 10.0 Å². The summed E-state index contributed by atoms with van der Waals surface area (Å²) in [5.41, 5.74) is 0.687. The maximum absolute atomic E-state index is 13.4. The third kappa shape index (κ3) is 2.58. The van der Waals surface area contributed by atoms with Gasteiger partial charge in [-0.15, -0.1) is 0 Å². The molecule has 112 valence electrons. The third-order valence-corrected chi connectivity index (χ3v) is 5.49. The van der Waals surface area contributed by atoms with Gasteiger partial charge in [0.05, 0.1) is 12.4 Å². The Labute approximate surface area is 123 Å². The average Bonchev–Trinajstić information content (AvgIpc) is 3.07. The van der Waals surface area contributed by atoms with Crippen LogP contribution < -0.4 is 0 Å². The molecule has 5 nitrogen and oxygen atoms in total. The minimum Gasteiger partial charge on any atom is -0.339 e. The summed E-state index contributed by atoms with van der Waals surface area (Å²) in [6, 6.07) is 5.80. The molecule has 1 aromatic heterocycles. The number of hydrogen-bond acceptors (Lipinski definition) is 3. The van der Waals surface area contributed by atoms with Crippen molar-refractivity contribution in [1.82, 2.24) is 13.9 Å². The maximum atomic E-state index is 13.4. The SMILES string of the molecule is Cn1cnc(S(=O)(=O)N2CCCC2c2cccc(F)c2)c1. The Balaban J connectivity index is 1.97. The van der Waals surface area contributed by atoms with Crippen molar-refractivity contribution in [1.29, 1.82) is 0 Å². The van der Waals surface area contributed by atoms with Gasteiger partial charge in [-0.1, -0.05) is 12.1 Å². The summed E-state index contributed by atoms with van der Waals surface area (Å²) < 4.78 is 41.8. The summed E-state index contributed by atoms with van der Waals surface area (Å²) in [6.07, 6.45) is 4.39. The Morgan fingerprint density at radius 2 is 2.19 bits per heavy atom. The average molecular weight is 309 g/mol. The molecule has 1 aromatic carbocycles. The molecule has 0 N–H and O–H groups in total. The van der Waals surface area contributed by atoms with Crippen LogP contribution in [0.2, 0.25) is 0 Å².